The zero-order valence-corrected chi connectivity index (χ0v) is 11.4. The number of hydrogen-bond acceptors (Lipinski definition) is 4. The zero-order valence-electron chi connectivity index (χ0n) is 11.4. The van der Waals surface area contributed by atoms with Gasteiger partial charge in [-0.25, -0.2) is 0 Å². The maximum absolute atomic E-state index is 11.8. The molecule has 7 heteroatoms. The van der Waals surface area contributed by atoms with Crippen LogP contribution in [0.1, 0.15) is 27.2 Å². The zero-order chi connectivity index (χ0) is 14.6. The van der Waals surface area contributed by atoms with Gasteiger partial charge in [0.25, 0.3) is 0 Å². The number of aliphatic carboxylic acids is 1. The lowest BCUT2D eigenvalue weighted by molar-refractivity contribution is -0.137. The van der Waals surface area contributed by atoms with Crippen LogP contribution in [0.5, 0.6) is 0 Å². The van der Waals surface area contributed by atoms with Gasteiger partial charge in [0, 0.05) is 18.7 Å². The third-order valence-corrected chi connectivity index (χ3v) is 2.73. The molecule has 0 spiro atoms. The average Bonchev–Trinajstić information content (AvgIpc) is 2.62. The fraction of sp³-hybridized carbons (Fsp3) is 0.583. The Morgan fingerprint density at radius 3 is 2.68 bits per heavy atom. The second kappa shape index (κ2) is 5.83. The molecule has 0 fully saturated rings. The Morgan fingerprint density at radius 2 is 2.16 bits per heavy atom. The first-order valence-corrected chi connectivity index (χ1v) is 5.98. The summed E-state index contributed by atoms with van der Waals surface area (Å²) in [5.41, 5.74) is 6.23. The summed E-state index contributed by atoms with van der Waals surface area (Å²) in [6, 6.07) is -0.249. The lowest BCUT2D eigenvalue weighted by atomic mass is 9.85. The summed E-state index contributed by atoms with van der Waals surface area (Å²) in [7, 11) is 0. The van der Waals surface area contributed by atoms with E-state index in [0.717, 1.165) is 0 Å². The molecule has 0 aromatic carbocycles. The summed E-state index contributed by atoms with van der Waals surface area (Å²) in [6.07, 6.45) is 3.08. The predicted octanol–water partition coefficient (Wildman–Crippen LogP) is 0.670. The molecule has 0 saturated heterocycles. The maximum Gasteiger partial charge on any atom is 0.325 e. The molecule has 19 heavy (non-hydrogen) atoms. The lowest BCUT2D eigenvalue weighted by Crippen LogP contribution is -2.38. The topological polar surface area (TPSA) is 110 Å². The largest absolute Gasteiger partial charge is 0.480 e. The minimum atomic E-state index is -0.990. The molecule has 1 aromatic rings. The third kappa shape index (κ3) is 5.09. The van der Waals surface area contributed by atoms with E-state index in [2.05, 4.69) is 10.4 Å². The molecule has 1 rings (SSSR count). The SMILES string of the molecule is CC(C)(C)C(N)CC(=O)Nc1cnn(CC(=O)O)c1. The van der Waals surface area contributed by atoms with Gasteiger partial charge in [0.1, 0.15) is 6.54 Å². The molecule has 0 aliphatic carbocycles. The van der Waals surface area contributed by atoms with Crippen molar-refractivity contribution in [2.24, 2.45) is 11.1 Å². The van der Waals surface area contributed by atoms with Crippen molar-refractivity contribution in [3.63, 3.8) is 0 Å². The maximum atomic E-state index is 11.8. The predicted molar refractivity (Wildman–Crippen MR) is 70.5 cm³/mol. The Morgan fingerprint density at radius 1 is 1.53 bits per heavy atom. The molecule has 4 N–H and O–H groups in total. The number of nitrogens with two attached hydrogens (primary N) is 1. The molecule has 0 bridgehead atoms. The number of carboxylic acids is 1. The van der Waals surface area contributed by atoms with Crippen LogP contribution >= 0.6 is 0 Å². The van der Waals surface area contributed by atoms with Gasteiger partial charge in [-0.05, 0) is 5.41 Å². The third-order valence-electron chi connectivity index (χ3n) is 2.73. The van der Waals surface area contributed by atoms with Gasteiger partial charge in [-0.1, -0.05) is 20.8 Å². The Labute approximate surface area is 111 Å². The lowest BCUT2D eigenvalue weighted by Gasteiger charge is -2.26. The second-order valence-electron chi connectivity index (χ2n) is 5.55. The van der Waals surface area contributed by atoms with E-state index in [0.29, 0.717) is 5.69 Å². The second-order valence-corrected chi connectivity index (χ2v) is 5.55. The normalized spacial score (nSPS) is 13.1. The van der Waals surface area contributed by atoms with Crippen molar-refractivity contribution in [3.8, 4) is 0 Å². The minimum absolute atomic E-state index is 0.148. The Kier molecular flexibility index (Phi) is 4.66. The van der Waals surface area contributed by atoms with Crippen molar-refractivity contribution in [2.75, 3.05) is 5.32 Å². The first kappa shape index (κ1) is 15.2. The highest BCUT2D eigenvalue weighted by Gasteiger charge is 2.23. The number of carbonyl (C=O) groups is 2. The van der Waals surface area contributed by atoms with E-state index in [4.69, 9.17) is 10.8 Å². The van der Waals surface area contributed by atoms with E-state index >= 15 is 0 Å². The fourth-order valence-corrected chi connectivity index (χ4v) is 1.37. The Bertz CT molecular complexity index is 462. The summed E-state index contributed by atoms with van der Waals surface area (Å²) in [6.45, 7) is 5.67. The number of nitrogens with zero attached hydrogens (tertiary/aromatic N) is 2. The molecular formula is C12H20N4O3. The molecule has 0 saturated carbocycles. The standard InChI is InChI=1S/C12H20N4O3/c1-12(2,3)9(13)4-10(17)15-8-5-14-16(6-8)7-11(18)19/h5-6,9H,4,7,13H2,1-3H3,(H,15,17)(H,18,19). The number of anilines is 1. The number of carboxylic acid groups (broad SMARTS) is 1. The van der Waals surface area contributed by atoms with Crippen molar-refractivity contribution >= 4 is 17.6 Å². The number of nitrogens with one attached hydrogen (secondary N) is 1. The highest BCUT2D eigenvalue weighted by molar-refractivity contribution is 5.90. The van der Waals surface area contributed by atoms with Gasteiger partial charge in [-0.3, -0.25) is 14.3 Å². The van der Waals surface area contributed by atoms with Gasteiger partial charge in [-0.15, -0.1) is 0 Å². The van der Waals surface area contributed by atoms with Crippen LogP contribution in [-0.4, -0.2) is 32.8 Å². The quantitative estimate of drug-likeness (QED) is 0.727. The summed E-state index contributed by atoms with van der Waals surface area (Å²) in [5, 5.41) is 15.1. The first-order chi connectivity index (χ1) is 8.68. The number of amides is 1. The van der Waals surface area contributed by atoms with E-state index in [9.17, 15) is 9.59 Å². The molecule has 1 atom stereocenters. The van der Waals surface area contributed by atoms with E-state index in [1.54, 1.807) is 0 Å². The van der Waals surface area contributed by atoms with E-state index in [1.807, 2.05) is 20.8 Å². The van der Waals surface area contributed by atoms with E-state index < -0.39 is 5.97 Å². The van der Waals surface area contributed by atoms with E-state index in [-0.39, 0.29) is 30.3 Å². The Balaban J connectivity index is 2.53. The van der Waals surface area contributed by atoms with Crippen LogP contribution in [0.4, 0.5) is 5.69 Å². The van der Waals surface area contributed by atoms with Crippen LogP contribution in [0, 0.1) is 5.41 Å². The van der Waals surface area contributed by atoms with Crippen LogP contribution in [-0.2, 0) is 16.1 Å². The van der Waals surface area contributed by atoms with Crippen LogP contribution in [0.2, 0.25) is 0 Å². The van der Waals surface area contributed by atoms with Crippen molar-refractivity contribution in [1.82, 2.24) is 9.78 Å². The molecule has 0 aliphatic heterocycles. The molecule has 0 radical (unpaired) electrons. The van der Waals surface area contributed by atoms with E-state index in [1.165, 1.54) is 17.1 Å². The number of hydrogen-bond donors (Lipinski definition) is 3. The van der Waals surface area contributed by atoms with Crippen LogP contribution in [0.3, 0.4) is 0 Å². The Hall–Kier alpha value is -1.89. The van der Waals surface area contributed by atoms with Gasteiger partial charge in [-0.2, -0.15) is 5.10 Å². The average molecular weight is 268 g/mol. The van der Waals surface area contributed by atoms with Crippen LogP contribution < -0.4 is 11.1 Å². The summed E-state index contributed by atoms with van der Waals surface area (Å²) < 4.78 is 1.24. The molecule has 106 valence electrons. The van der Waals surface area contributed by atoms with Gasteiger partial charge in [0.05, 0.1) is 11.9 Å². The highest BCUT2D eigenvalue weighted by Crippen LogP contribution is 2.20. The summed E-state index contributed by atoms with van der Waals surface area (Å²) >= 11 is 0. The van der Waals surface area contributed by atoms with Crippen LogP contribution in [0.25, 0.3) is 0 Å². The summed E-state index contributed by atoms with van der Waals surface area (Å²) in [4.78, 5) is 22.2. The van der Waals surface area contributed by atoms with Crippen molar-refractivity contribution in [2.45, 2.75) is 39.8 Å². The van der Waals surface area contributed by atoms with Crippen LogP contribution in [0.15, 0.2) is 12.4 Å². The van der Waals surface area contributed by atoms with Gasteiger partial charge in [0.15, 0.2) is 0 Å². The van der Waals surface area contributed by atoms with Gasteiger partial charge in [0.2, 0.25) is 5.91 Å². The molecule has 1 unspecified atom stereocenters. The molecule has 1 heterocycles. The highest BCUT2D eigenvalue weighted by atomic mass is 16.4. The smallest absolute Gasteiger partial charge is 0.325 e. The summed E-state index contributed by atoms with van der Waals surface area (Å²) in [5.74, 6) is -1.20. The van der Waals surface area contributed by atoms with Crippen molar-refractivity contribution < 1.29 is 14.7 Å². The van der Waals surface area contributed by atoms with Crippen molar-refractivity contribution in [1.29, 1.82) is 0 Å². The molecule has 1 aromatic heterocycles. The number of rotatable bonds is 5. The molecule has 0 aliphatic rings. The van der Waals surface area contributed by atoms with Crippen molar-refractivity contribution in [3.05, 3.63) is 12.4 Å². The first-order valence-electron chi connectivity index (χ1n) is 5.98. The van der Waals surface area contributed by atoms with Gasteiger partial charge < -0.3 is 16.2 Å². The minimum Gasteiger partial charge on any atom is -0.480 e. The molecular weight excluding hydrogens is 248 g/mol. The number of aromatic nitrogens is 2. The fourth-order valence-electron chi connectivity index (χ4n) is 1.37. The number of carbonyl (C=O) groups excluding carboxylic acids is 1. The molecule has 1 amide bonds. The monoisotopic (exact) mass is 268 g/mol. The molecule has 7 nitrogen and oxygen atoms in total. The van der Waals surface area contributed by atoms with Gasteiger partial charge >= 0.3 is 5.97 Å².